The first-order chi connectivity index (χ1) is 9.56. The summed E-state index contributed by atoms with van der Waals surface area (Å²) in [6, 6.07) is 4.10. The van der Waals surface area contributed by atoms with Crippen molar-refractivity contribution in [2.24, 2.45) is 0 Å². The van der Waals surface area contributed by atoms with Gasteiger partial charge in [-0.15, -0.1) is 0 Å². The van der Waals surface area contributed by atoms with Crippen LogP contribution in [0.3, 0.4) is 0 Å². The van der Waals surface area contributed by atoms with Crippen molar-refractivity contribution in [2.75, 3.05) is 44.4 Å². The van der Waals surface area contributed by atoms with Crippen LogP contribution in [0.25, 0.3) is 0 Å². The number of hydrogen-bond acceptors (Lipinski definition) is 4. The minimum atomic E-state index is -0.487. The highest BCUT2D eigenvalue weighted by Crippen LogP contribution is 2.17. The van der Waals surface area contributed by atoms with E-state index in [4.69, 9.17) is 10.5 Å². The van der Waals surface area contributed by atoms with Crippen LogP contribution in [0.4, 0.5) is 15.8 Å². The standard InChI is InChI=1S/C14H22FN3O2/c1-3-18(8-9-20-2)7-6-14(19)17-13-10-11(16)4-5-12(13)15/h4-5,10H,3,6-9,16H2,1-2H3,(H,17,19). The lowest BCUT2D eigenvalue weighted by Gasteiger charge is -2.19. The summed E-state index contributed by atoms with van der Waals surface area (Å²) in [6.45, 7) is 4.86. The summed E-state index contributed by atoms with van der Waals surface area (Å²) in [6.07, 6.45) is 0.297. The Kier molecular flexibility index (Phi) is 6.97. The number of rotatable bonds is 8. The number of benzene rings is 1. The molecule has 0 atom stereocenters. The van der Waals surface area contributed by atoms with Crippen LogP contribution < -0.4 is 11.1 Å². The second-order valence-corrected chi connectivity index (χ2v) is 4.46. The highest BCUT2D eigenvalue weighted by atomic mass is 19.1. The summed E-state index contributed by atoms with van der Waals surface area (Å²) < 4.78 is 18.5. The smallest absolute Gasteiger partial charge is 0.225 e. The largest absolute Gasteiger partial charge is 0.399 e. The number of amides is 1. The van der Waals surface area contributed by atoms with Crippen LogP contribution in [0.1, 0.15) is 13.3 Å². The maximum Gasteiger partial charge on any atom is 0.225 e. The van der Waals surface area contributed by atoms with E-state index in [-0.39, 0.29) is 11.6 Å². The number of hydrogen-bond donors (Lipinski definition) is 2. The predicted molar refractivity (Wildman–Crippen MR) is 78.0 cm³/mol. The molecule has 0 saturated heterocycles. The summed E-state index contributed by atoms with van der Waals surface area (Å²) in [4.78, 5) is 13.9. The molecular formula is C14H22FN3O2. The third kappa shape index (κ3) is 5.54. The van der Waals surface area contributed by atoms with Crippen molar-refractivity contribution in [3.63, 3.8) is 0 Å². The van der Waals surface area contributed by atoms with Gasteiger partial charge in [0.25, 0.3) is 0 Å². The number of carbonyl (C=O) groups excluding carboxylic acids is 1. The first kappa shape index (κ1) is 16.4. The van der Waals surface area contributed by atoms with Crippen molar-refractivity contribution in [3.05, 3.63) is 24.0 Å². The van der Waals surface area contributed by atoms with Gasteiger partial charge in [0.1, 0.15) is 5.82 Å². The van der Waals surface area contributed by atoms with Gasteiger partial charge in [-0.3, -0.25) is 4.79 Å². The van der Waals surface area contributed by atoms with Gasteiger partial charge in [0.05, 0.1) is 12.3 Å². The Hall–Kier alpha value is -1.66. The number of likely N-dealkylation sites (N-methyl/N-ethyl adjacent to an activating group) is 1. The second kappa shape index (κ2) is 8.50. The van der Waals surface area contributed by atoms with E-state index in [0.717, 1.165) is 13.1 Å². The maximum absolute atomic E-state index is 13.5. The molecule has 112 valence electrons. The topological polar surface area (TPSA) is 67.6 Å². The number of nitrogen functional groups attached to an aromatic ring is 1. The fourth-order valence-corrected chi connectivity index (χ4v) is 1.76. The normalized spacial score (nSPS) is 10.8. The molecule has 0 radical (unpaired) electrons. The molecule has 1 aromatic carbocycles. The molecule has 0 bridgehead atoms. The Balaban J connectivity index is 2.45. The Morgan fingerprint density at radius 2 is 2.20 bits per heavy atom. The van der Waals surface area contributed by atoms with Crippen molar-refractivity contribution < 1.29 is 13.9 Å². The van der Waals surface area contributed by atoms with Crippen LogP contribution in [0.2, 0.25) is 0 Å². The number of carbonyl (C=O) groups is 1. The van der Waals surface area contributed by atoms with Crippen molar-refractivity contribution >= 4 is 17.3 Å². The number of ether oxygens (including phenoxy) is 1. The number of anilines is 2. The number of nitrogens with two attached hydrogens (primary N) is 1. The minimum Gasteiger partial charge on any atom is -0.399 e. The summed E-state index contributed by atoms with van der Waals surface area (Å²) in [5.41, 5.74) is 6.10. The summed E-state index contributed by atoms with van der Waals surface area (Å²) in [7, 11) is 1.64. The molecule has 0 aliphatic rings. The molecule has 0 aliphatic heterocycles. The Morgan fingerprint density at radius 3 is 2.85 bits per heavy atom. The van der Waals surface area contributed by atoms with Gasteiger partial charge >= 0.3 is 0 Å². The molecule has 1 aromatic rings. The second-order valence-electron chi connectivity index (χ2n) is 4.46. The Bertz CT molecular complexity index is 440. The highest BCUT2D eigenvalue weighted by molar-refractivity contribution is 5.91. The highest BCUT2D eigenvalue weighted by Gasteiger charge is 2.09. The van der Waals surface area contributed by atoms with Crippen molar-refractivity contribution in [3.8, 4) is 0 Å². The summed E-state index contributed by atoms with van der Waals surface area (Å²) in [5, 5.41) is 2.53. The van der Waals surface area contributed by atoms with Crippen molar-refractivity contribution in [2.45, 2.75) is 13.3 Å². The molecule has 0 spiro atoms. The van der Waals surface area contributed by atoms with Gasteiger partial charge in [-0.25, -0.2) is 4.39 Å². The summed E-state index contributed by atoms with van der Waals surface area (Å²) >= 11 is 0. The van der Waals surface area contributed by atoms with Crippen LogP contribution in [0.5, 0.6) is 0 Å². The summed E-state index contributed by atoms with van der Waals surface area (Å²) in [5.74, 6) is -0.718. The third-order valence-corrected chi connectivity index (χ3v) is 2.98. The molecule has 0 fully saturated rings. The van der Waals surface area contributed by atoms with Gasteiger partial charge < -0.3 is 20.7 Å². The molecule has 1 amide bonds. The van der Waals surface area contributed by atoms with Gasteiger partial charge in [-0.05, 0) is 24.7 Å². The molecule has 20 heavy (non-hydrogen) atoms. The Morgan fingerprint density at radius 1 is 1.45 bits per heavy atom. The molecule has 5 nitrogen and oxygen atoms in total. The van der Waals surface area contributed by atoms with Crippen LogP contribution in [0, 0.1) is 5.82 Å². The van der Waals surface area contributed by atoms with Crippen LogP contribution >= 0.6 is 0 Å². The van der Waals surface area contributed by atoms with E-state index >= 15 is 0 Å². The fraction of sp³-hybridized carbons (Fsp3) is 0.500. The zero-order valence-electron chi connectivity index (χ0n) is 12.0. The molecule has 6 heteroatoms. The lowest BCUT2D eigenvalue weighted by atomic mass is 10.2. The first-order valence-corrected chi connectivity index (χ1v) is 6.63. The quantitative estimate of drug-likeness (QED) is 0.713. The molecule has 0 aliphatic carbocycles. The van der Waals surface area contributed by atoms with Crippen molar-refractivity contribution in [1.29, 1.82) is 0 Å². The molecule has 0 heterocycles. The van der Waals surface area contributed by atoms with E-state index in [1.54, 1.807) is 7.11 Å². The van der Waals surface area contributed by atoms with Gasteiger partial charge in [0, 0.05) is 32.3 Å². The Labute approximate surface area is 118 Å². The predicted octanol–water partition coefficient (Wildman–Crippen LogP) is 1.70. The first-order valence-electron chi connectivity index (χ1n) is 6.63. The zero-order valence-corrected chi connectivity index (χ0v) is 12.0. The van der Waals surface area contributed by atoms with E-state index in [1.165, 1.54) is 18.2 Å². The molecule has 1 rings (SSSR count). The van der Waals surface area contributed by atoms with Gasteiger partial charge in [-0.1, -0.05) is 6.92 Å². The van der Waals surface area contributed by atoms with E-state index in [2.05, 4.69) is 10.2 Å². The number of halogens is 1. The number of nitrogens with one attached hydrogen (secondary N) is 1. The van der Waals surface area contributed by atoms with Gasteiger partial charge in [0.2, 0.25) is 5.91 Å². The molecule has 0 saturated carbocycles. The average Bonchev–Trinajstić information content (AvgIpc) is 2.43. The van der Waals surface area contributed by atoms with Gasteiger partial charge in [-0.2, -0.15) is 0 Å². The lowest BCUT2D eigenvalue weighted by molar-refractivity contribution is -0.116. The fourth-order valence-electron chi connectivity index (χ4n) is 1.76. The zero-order chi connectivity index (χ0) is 15.0. The van der Waals surface area contributed by atoms with Crippen LogP contribution in [-0.4, -0.2) is 44.2 Å². The van der Waals surface area contributed by atoms with Crippen LogP contribution in [-0.2, 0) is 9.53 Å². The number of methoxy groups -OCH3 is 1. The van der Waals surface area contributed by atoms with E-state index in [1.807, 2.05) is 6.92 Å². The van der Waals surface area contributed by atoms with Gasteiger partial charge in [0.15, 0.2) is 0 Å². The SMILES string of the molecule is CCN(CCOC)CCC(=O)Nc1cc(N)ccc1F. The average molecular weight is 283 g/mol. The number of nitrogens with zero attached hydrogens (tertiary/aromatic N) is 1. The molecule has 0 unspecified atom stereocenters. The van der Waals surface area contributed by atoms with Crippen molar-refractivity contribution in [1.82, 2.24) is 4.90 Å². The van der Waals surface area contributed by atoms with E-state index < -0.39 is 5.82 Å². The molecular weight excluding hydrogens is 261 g/mol. The van der Waals surface area contributed by atoms with E-state index in [0.29, 0.717) is 25.3 Å². The minimum absolute atomic E-state index is 0.120. The monoisotopic (exact) mass is 283 g/mol. The molecule has 0 aromatic heterocycles. The third-order valence-electron chi connectivity index (χ3n) is 2.98. The molecule has 3 N–H and O–H groups in total. The lowest BCUT2D eigenvalue weighted by Crippen LogP contribution is -2.30. The maximum atomic E-state index is 13.5. The van der Waals surface area contributed by atoms with E-state index in [9.17, 15) is 9.18 Å². The van der Waals surface area contributed by atoms with Crippen LogP contribution in [0.15, 0.2) is 18.2 Å².